The Bertz CT molecular complexity index is 570. The Morgan fingerprint density at radius 3 is 2.83 bits per heavy atom. The van der Waals surface area contributed by atoms with Gasteiger partial charge < -0.3 is 10.4 Å². The van der Waals surface area contributed by atoms with Crippen LogP contribution in [0.15, 0.2) is 36.4 Å². The van der Waals surface area contributed by atoms with E-state index in [2.05, 4.69) is 5.32 Å². The molecular formula is C14H13ClFNO. The zero-order valence-corrected chi connectivity index (χ0v) is 10.6. The van der Waals surface area contributed by atoms with Gasteiger partial charge in [0, 0.05) is 12.1 Å². The van der Waals surface area contributed by atoms with Gasteiger partial charge in [-0.1, -0.05) is 23.7 Å². The van der Waals surface area contributed by atoms with Crippen LogP contribution in [0.4, 0.5) is 10.1 Å². The van der Waals surface area contributed by atoms with Gasteiger partial charge in [0.1, 0.15) is 11.6 Å². The van der Waals surface area contributed by atoms with Crippen LogP contribution in [-0.4, -0.2) is 5.11 Å². The first-order valence-electron chi connectivity index (χ1n) is 5.54. The average Bonchev–Trinajstić information content (AvgIpc) is 2.35. The summed E-state index contributed by atoms with van der Waals surface area (Å²) in [6.07, 6.45) is 0. The maximum absolute atomic E-state index is 13.1. The predicted octanol–water partition coefficient (Wildman–Crippen LogP) is 4.11. The topological polar surface area (TPSA) is 32.3 Å². The van der Waals surface area contributed by atoms with Crippen molar-refractivity contribution in [3.05, 3.63) is 58.4 Å². The van der Waals surface area contributed by atoms with E-state index in [1.54, 1.807) is 0 Å². The van der Waals surface area contributed by atoms with Crippen LogP contribution in [0.1, 0.15) is 11.1 Å². The molecule has 94 valence electrons. The van der Waals surface area contributed by atoms with Gasteiger partial charge in [-0.3, -0.25) is 0 Å². The van der Waals surface area contributed by atoms with Crippen molar-refractivity contribution in [3.63, 3.8) is 0 Å². The summed E-state index contributed by atoms with van der Waals surface area (Å²) in [6, 6.07) is 9.49. The second kappa shape index (κ2) is 5.27. The highest BCUT2D eigenvalue weighted by molar-refractivity contribution is 6.33. The van der Waals surface area contributed by atoms with Crippen LogP contribution in [0, 0.1) is 12.7 Å². The third-order valence-electron chi connectivity index (χ3n) is 2.70. The van der Waals surface area contributed by atoms with Crippen molar-refractivity contribution >= 4 is 17.3 Å². The Morgan fingerprint density at radius 2 is 2.06 bits per heavy atom. The van der Waals surface area contributed by atoms with E-state index in [9.17, 15) is 9.50 Å². The molecule has 0 radical (unpaired) electrons. The Hall–Kier alpha value is -1.74. The van der Waals surface area contributed by atoms with E-state index in [0.29, 0.717) is 17.1 Å². The standard InChI is InChI=1S/C14H13ClFNO/c1-9-3-2-4-12(14(9)15)17-8-10-7-11(16)5-6-13(10)18/h2-7,17-18H,8H2,1H3. The number of anilines is 1. The molecule has 0 bridgehead atoms. The van der Waals surface area contributed by atoms with Crippen molar-refractivity contribution in [2.24, 2.45) is 0 Å². The molecule has 0 aromatic heterocycles. The van der Waals surface area contributed by atoms with Crippen LogP contribution in [0.2, 0.25) is 5.02 Å². The third kappa shape index (κ3) is 2.74. The highest BCUT2D eigenvalue weighted by atomic mass is 35.5. The lowest BCUT2D eigenvalue weighted by molar-refractivity contribution is 0.466. The highest BCUT2D eigenvalue weighted by Gasteiger charge is 2.05. The fraction of sp³-hybridized carbons (Fsp3) is 0.143. The predicted molar refractivity (Wildman–Crippen MR) is 71.6 cm³/mol. The lowest BCUT2D eigenvalue weighted by Crippen LogP contribution is -2.01. The molecule has 0 spiro atoms. The quantitative estimate of drug-likeness (QED) is 0.875. The zero-order valence-electron chi connectivity index (χ0n) is 9.87. The van der Waals surface area contributed by atoms with E-state index >= 15 is 0 Å². The molecule has 0 aliphatic heterocycles. The fourth-order valence-electron chi connectivity index (χ4n) is 1.67. The van der Waals surface area contributed by atoms with Gasteiger partial charge in [0.2, 0.25) is 0 Å². The summed E-state index contributed by atoms with van der Waals surface area (Å²) in [5, 5.41) is 13.3. The van der Waals surface area contributed by atoms with Crippen molar-refractivity contribution in [2.75, 3.05) is 5.32 Å². The van der Waals surface area contributed by atoms with Crippen molar-refractivity contribution in [2.45, 2.75) is 13.5 Å². The molecule has 2 rings (SSSR count). The molecular weight excluding hydrogens is 253 g/mol. The highest BCUT2D eigenvalue weighted by Crippen LogP contribution is 2.26. The number of phenols is 1. The normalized spacial score (nSPS) is 10.4. The first-order valence-corrected chi connectivity index (χ1v) is 5.92. The van der Waals surface area contributed by atoms with Crippen molar-refractivity contribution in [1.82, 2.24) is 0 Å². The molecule has 0 fully saturated rings. The Morgan fingerprint density at radius 1 is 1.28 bits per heavy atom. The number of aryl methyl sites for hydroxylation is 1. The minimum atomic E-state index is -0.375. The summed E-state index contributed by atoms with van der Waals surface area (Å²) >= 11 is 6.13. The molecule has 0 aliphatic carbocycles. The molecule has 2 aromatic carbocycles. The summed E-state index contributed by atoms with van der Waals surface area (Å²) in [4.78, 5) is 0. The van der Waals surface area contributed by atoms with Crippen molar-refractivity contribution in [1.29, 1.82) is 0 Å². The van der Waals surface area contributed by atoms with E-state index in [1.807, 2.05) is 25.1 Å². The largest absolute Gasteiger partial charge is 0.508 e. The molecule has 0 unspecified atom stereocenters. The van der Waals surface area contributed by atoms with Gasteiger partial charge in [-0.05, 0) is 36.8 Å². The molecule has 2 aromatic rings. The molecule has 0 saturated heterocycles. The first kappa shape index (κ1) is 12.7. The molecule has 4 heteroatoms. The SMILES string of the molecule is Cc1cccc(NCc2cc(F)ccc2O)c1Cl. The maximum Gasteiger partial charge on any atom is 0.123 e. The van der Waals surface area contributed by atoms with E-state index in [4.69, 9.17) is 11.6 Å². The summed E-state index contributed by atoms with van der Waals surface area (Å²) in [5.74, 6) is -0.312. The van der Waals surface area contributed by atoms with E-state index < -0.39 is 0 Å². The number of benzene rings is 2. The molecule has 0 atom stereocenters. The number of hydrogen-bond acceptors (Lipinski definition) is 2. The number of halogens is 2. The molecule has 0 amide bonds. The second-order valence-corrected chi connectivity index (χ2v) is 4.44. The van der Waals surface area contributed by atoms with Gasteiger partial charge in [0.15, 0.2) is 0 Å². The van der Waals surface area contributed by atoms with Gasteiger partial charge in [-0.15, -0.1) is 0 Å². The molecule has 2 N–H and O–H groups in total. The number of hydrogen-bond donors (Lipinski definition) is 2. The summed E-state index contributed by atoms with van der Waals surface area (Å²) < 4.78 is 13.1. The summed E-state index contributed by atoms with van der Waals surface area (Å²) in [7, 11) is 0. The number of phenolic OH excluding ortho intramolecular Hbond substituents is 1. The van der Waals surface area contributed by atoms with Gasteiger partial charge in [-0.25, -0.2) is 4.39 Å². The first-order chi connectivity index (χ1) is 8.58. The average molecular weight is 266 g/mol. The van der Waals surface area contributed by atoms with Crippen LogP contribution in [0.5, 0.6) is 5.75 Å². The molecule has 0 heterocycles. The number of aromatic hydroxyl groups is 1. The monoisotopic (exact) mass is 265 g/mol. The fourth-order valence-corrected chi connectivity index (χ4v) is 1.86. The maximum atomic E-state index is 13.1. The van der Waals surface area contributed by atoms with Crippen molar-refractivity contribution < 1.29 is 9.50 Å². The molecule has 18 heavy (non-hydrogen) atoms. The van der Waals surface area contributed by atoms with Gasteiger partial charge in [-0.2, -0.15) is 0 Å². The zero-order chi connectivity index (χ0) is 13.1. The Labute approximate surface area is 110 Å². The molecule has 0 saturated carbocycles. The third-order valence-corrected chi connectivity index (χ3v) is 3.20. The molecule has 0 aliphatic rings. The van der Waals surface area contributed by atoms with Gasteiger partial charge in [0.05, 0.1) is 10.7 Å². The van der Waals surface area contributed by atoms with Crippen LogP contribution < -0.4 is 5.32 Å². The smallest absolute Gasteiger partial charge is 0.123 e. The molecule has 2 nitrogen and oxygen atoms in total. The second-order valence-electron chi connectivity index (χ2n) is 4.06. The van der Waals surface area contributed by atoms with Crippen LogP contribution in [0.25, 0.3) is 0 Å². The lowest BCUT2D eigenvalue weighted by Gasteiger charge is -2.11. The van der Waals surface area contributed by atoms with Crippen LogP contribution in [-0.2, 0) is 6.54 Å². The number of rotatable bonds is 3. The van der Waals surface area contributed by atoms with Crippen LogP contribution >= 0.6 is 11.6 Å². The van der Waals surface area contributed by atoms with Crippen LogP contribution in [0.3, 0.4) is 0 Å². The summed E-state index contributed by atoms with van der Waals surface area (Å²) in [6.45, 7) is 2.22. The Balaban J connectivity index is 2.16. The lowest BCUT2D eigenvalue weighted by atomic mass is 10.1. The van der Waals surface area contributed by atoms with E-state index in [-0.39, 0.29) is 11.6 Å². The van der Waals surface area contributed by atoms with Crippen molar-refractivity contribution in [3.8, 4) is 5.75 Å². The Kier molecular flexibility index (Phi) is 3.72. The van der Waals surface area contributed by atoms with Gasteiger partial charge >= 0.3 is 0 Å². The minimum Gasteiger partial charge on any atom is -0.508 e. The van der Waals surface area contributed by atoms with E-state index in [0.717, 1.165) is 11.3 Å². The summed E-state index contributed by atoms with van der Waals surface area (Å²) in [5.41, 5.74) is 2.22. The minimum absolute atomic E-state index is 0.0627. The van der Waals surface area contributed by atoms with E-state index in [1.165, 1.54) is 18.2 Å². The number of nitrogens with one attached hydrogen (secondary N) is 1. The van der Waals surface area contributed by atoms with Gasteiger partial charge in [0.25, 0.3) is 0 Å².